The summed E-state index contributed by atoms with van der Waals surface area (Å²) in [6.07, 6.45) is 7.10. The average Bonchev–Trinajstić information content (AvgIpc) is 3.36. The van der Waals surface area contributed by atoms with Gasteiger partial charge in [-0.05, 0) is 62.7 Å². The van der Waals surface area contributed by atoms with Crippen LogP contribution in [0.2, 0.25) is 0 Å². The molecule has 1 saturated heterocycles. The molecule has 2 heterocycles. The number of hydrogen-bond acceptors (Lipinski definition) is 4. The highest BCUT2D eigenvalue weighted by molar-refractivity contribution is 5.89. The molecule has 25 heavy (non-hydrogen) atoms. The van der Waals surface area contributed by atoms with E-state index in [2.05, 4.69) is 9.88 Å². The van der Waals surface area contributed by atoms with Gasteiger partial charge >= 0.3 is 5.97 Å². The van der Waals surface area contributed by atoms with E-state index in [0.717, 1.165) is 55.9 Å². The summed E-state index contributed by atoms with van der Waals surface area (Å²) >= 11 is 0. The topological polar surface area (TPSA) is 66.6 Å². The summed E-state index contributed by atoms with van der Waals surface area (Å²) in [7, 11) is 0. The number of carboxylic acid groups (broad SMARTS) is 1. The van der Waals surface area contributed by atoms with Gasteiger partial charge in [0.05, 0.1) is 11.3 Å². The van der Waals surface area contributed by atoms with Crippen molar-refractivity contribution in [2.75, 3.05) is 13.1 Å². The second-order valence-electron chi connectivity index (χ2n) is 7.32. The molecule has 4 rings (SSSR count). The lowest BCUT2D eigenvalue weighted by Crippen LogP contribution is -2.34. The Hall–Kier alpha value is -2.14. The van der Waals surface area contributed by atoms with Crippen LogP contribution in [-0.2, 0) is 13.0 Å². The Balaban J connectivity index is 1.33. The molecule has 2 aliphatic rings. The molecule has 1 N–H and O–H groups in total. The predicted octanol–water partition coefficient (Wildman–Crippen LogP) is 3.70. The first-order valence-corrected chi connectivity index (χ1v) is 9.16. The average molecular weight is 340 g/mol. The van der Waals surface area contributed by atoms with Gasteiger partial charge in [-0.1, -0.05) is 18.2 Å². The van der Waals surface area contributed by atoms with Crippen LogP contribution in [0.1, 0.15) is 59.0 Å². The third kappa shape index (κ3) is 3.76. The van der Waals surface area contributed by atoms with Crippen LogP contribution in [0.4, 0.5) is 0 Å². The second-order valence-corrected chi connectivity index (χ2v) is 7.32. The van der Waals surface area contributed by atoms with Gasteiger partial charge in [-0.15, -0.1) is 0 Å². The lowest BCUT2D eigenvalue weighted by molar-refractivity contribution is 0.0695. The van der Waals surface area contributed by atoms with E-state index in [9.17, 15) is 9.90 Å². The lowest BCUT2D eigenvalue weighted by Gasteiger charge is -2.31. The molecule has 0 atom stereocenters. The summed E-state index contributed by atoms with van der Waals surface area (Å²) in [6.45, 7) is 2.95. The summed E-state index contributed by atoms with van der Waals surface area (Å²) in [5, 5.41) is 9.33. The minimum atomic E-state index is -0.827. The normalized spacial score (nSPS) is 19.2. The Morgan fingerprint density at radius 2 is 1.96 bits per heavy atom. The number of oxazole rings is 1. The quantitative estimate of drug-likeness (QED) is 0.868. The molecule has 1 aliphatic carbocycles. The molecular weight excluding hydrogens is 316 g/mol. The van der Waals surface area contributed by atoms with Crippen molar-refractivity contribution < 1.29 is 14.3 Å². The van der Waals surface area contributed by atoms with Crippen LogP contribution >= 0.6 is 0 Å². The number of piperidine rings is 1. The van der Waals surface area contributed by atoms with Gasteiger partial charge in [-0.2, -0.15) is 0 Å². The second kappa shape index (κ2) is 7.00. The number of likely N-dealkylation sites (tertiary alicyclic amines) is 1. The van der Waals surface area contributed by atoms with E-state index in [1.165, 1.54) is 12.8 Å². The van der Waals surface area contributed by atoms with Crippen molar-refractivity contribution in [3.63, 3.8) is 0 Å². The van der Waals surface area contributed by atoms with E-state index < -0.39 is 5.97 Å². The van der Waals surface area contributed by atoms with Crippen molar-refractivity contribution in [1.29, 1.82) is 0 Å². The molecule has 132 valence electrons. The molecule has 1 saturated carbocycles. The van der Waals surface area contributed by atoms with Gasteiger partial charge in [-0.3, -0.25) is 4.90 Å². The fourth-order valence-corrected chi connectivity index (χ4v) is 3.85. The Bertz CT molecular complexity index is 743. The van der Waals surface area contributed by atoms with Gasteiger partial charge in [0, 0.05) is 12.5 Å². The van der Waals surface area contributed by atoms with Gasteiger partial charge in [0.15, 0.2) is 6.39 Å². The van der Waals surface area contributed by atoms with E-state index in [-0.39, 0.29) is 0 Å². The molecule has 5 heteroatoms. The summed E-state index contributed by atoms with van der Waals surface area (Å²) in [4.78, 5) is 18.2. The zero-order valence-corrected chi connectivity index (χ0v) is 14.4. The van der Waals surface area contributed by atoms with Gasteiger partial charge < -0.3 is 9.52 Å². The van der Waals surface area contributed by atoms with Crippen molar-refractivity contribution in [3.05, 3.63) is 53.2 Å². The first-order valence-electron chi connectivity index (χ1n) is 9.16. The van der Waals surface area contributed by atoms with Crippen LogP contribution in [0.5, 0.6) is 0 Å². The minimum Gasteiger partial charge on any atom is -0.478 e. The maximum absolute atomic E-state index is 11.4. The highest BCUT2D eigenvalue weighted by atomic mass is 16.4. The molecule has 2 fully saturated rings. The largest absolute Gasteiger partial charge is 0.478 e. The number of benzene rings is 1. The fraction of sp³-hybridized carbons (Fsp3) is 0.500. The van der Waals surface area contributed by atoms with Crippen molar-refractivity contribution in [2.24, 2.45) is 5.92 Å². The molecule has 0 bridgehead atoms. The maximum Gasteiger partial charge on any atom is 0.335 e. The molecule has 1 aliphatic heterocycles. The third-order valence-corrected chi connectivity index (χ3v) is 5.46. The van der Waals surface area contributed by atoms with Gasteiger partial charge in [0.1, 0.15) is 5.76 Å². The zero-order valence-electron chi connectivity index (χ0n) is 14.4. The molecule has 5 nitrogen and oxygen atoms in total. The number of hydrogen-bond donors (Lipinski definition) is 1. The van der Waals surface area contributed by atoms with E-state index in [0.29, 0.717) is 17.4 Å². The number of rotatable bonds is 6. The van der Waals surface area contributed by atoms with Crippen LogP contribution in [0.15, 0.2) is 35.1 Å². The minimum absolute atomic E-state index is 0.446. The van der Waals surface area contributed by atoms with Crippen LogP contribution in [0, 0.1) is 5.92 Å². The van der Waals surface area contributed by atoms with Gasteiger partial charge in [0.25, 0.3) is 0 Å². The Morgan fingerprint density at radius 1 is 1.20 bits per heavy atom. The fourth-order valence-electron chi connectivity index (χ4n) is 3.85. The monoisotopic (exact) mass is 340 g/mol. The van der Waals surface area contributed by atoms with E-state index in [1.54, 1.807) is 18.5 Å². The molecule has 0 spiro atoms. The van der Waals surface area contributed by atoms with Gasteiger partial charge in [0.2, 0.25) is 0 Å². The van der Waals surface area contributed by atoms with Crippen molar-refractivity contribution in [1.82, 2.24) is 9.88 Å². The Labute approximate surface area is 147 Å². The Morgan fingerprint density at radius 3 is 2.68 bits per heavy atom. The summed E-state index contributed by atoms with van der Waals surface area (Å²) in [5.41, 5.74) is 2.51. The molecule has 0 radical (unpaired) electrons. The predicted molar refractivity (Wildman–Crippen MR) is 93.6 cm³/mol. The van der Waals surface area contributed by atoms with E-state index >= 15 is 0 Å². The number of carbonyl (C=O) groups is 1. The molecule has 2 aromatic rings. The Kier molecular flexibility index (Phi) is 4.57. The SMILES string of the molecule is O=C(O)c1ccccc1CC1CCN(Cc2ncoc2C2CC2)CC1. The number of carboxylic acids is 1. The first kappa shape index (κ1) is 16.3. The van der Waals surface area contributed by atoms with Crippen LogP contribution in [-0.4, -0.2) is 34.0 Å². The summed E-state index contributed by atoms with van der Waals surface area (Å²) in [6, 6.07) is 7.38. The highest BCUT2D eigenvalue weighted by Crippen LogP contribution is 2.41. The maximum atomic E-state index is 11.4. The highest BCUT2D eigenvalue weighted by Gasteiger charge is 2.31. The summed E-state index contributed by atoms with van der Waals surface area (Å²) < 4.78 is 5.57. The zero-order chi connectivity index (χ0) is 17.2. The third-order valence-electron chi connectivity index (χ3n) is 5.46. The van der Waals surface area contributed by atoms with E-state index in [1.807, 2.05) is 12.1 Å². The molecule has 0 unspecified atom stereocenters. The van der Waals surface area contributed by atoms with Crippen molar-refractivity contribution in [2.45, 2.75) is 44.6 Å². The molecule has 1 aromatic heterocycles. The van der Waals surface area contributed by atoms with Gasteiger partial charge in [-0.25, -0.2) is 9.78 Å². The number of aromatic nitrogens is 1. The van der Waals surface area contributed by atoms with Crippen molar-refractivity contribution in [3.8, 4) is 0 Å². The summed E-state index contributed by atoms with van der Waals surface area (Å²) in [5.74, 6) is 1.42. The molecule has 0 amide bonds. The van der Waals surface area contributed by atoms with E-state index in [4.69, 9.17) is 4.42 Å². The smallest absolute Gasteiger partial charge is 0.335 e. The van der Waals surface area contributed by atoms with Crippen LogP contribution in [0.25, 0.3) is 0 Å². The standard InChI is InChI=1S/C20H24N2O3/c23-20(24)17-4-2-1-3-16(17)11-14-7-9-22(10-8-14)12-18-19(15-5-6-15)25-13-21-18/h1-4,13-15H,5-12H2,(H,23,24). The number of aromatic carboxylic acids is 1. The first-order chi connectivity index (χ1) is 12.2. The van der Waals surface area contributed by atoms with Crippen molar-refractivity contribution >= 4 is 5.97 Å². The molecular formula is C20H24N2O3. The van der Waals surface area contributed by atoms with Crippen LogP contribution in [0.3, 0.4) is 0 Å². The lowest BCUT2D eigenvalue weighted by atomic mass is 9.88. The molecule has 1 aromatic carbocycles. The number of nitrogens with zero attached hydrogens (tertiary/aromatic N) is 2. The van der Waals surface area contributed by atoms with Crippen LogP contribution < -0.4 is 0 Å².